The standard InChI is InChI=1S/C14H15BrFN3OS/c1-19(2)14(20)13-11(17)6-12(21-13)18-7-8-5-9(15)3-4-10(8)16/h3-6,18H,7,17H2,1-2H3. The van der Waals surface area contributed by atoms with Gasteiger partial charge in [0, 0.05) is 30.7 Å². The molecule has 0 spiro atoms. The fraction of sp³-hybridized carbons (Fsp3) is 0.214. The summed E-state index contributed by atoms with van der Waals surface area (Å²) >= 11 is 4.58. The number of thiophene rings is 1. The molecular formula is C14H15BrFN3OS. The molecule has 0 aliphatic heterocycles. The highest BCUT2D eigenvalue weighted by Gasteiger charge is 2.16. The van der Waals surface area contributed by atoms with Gasteiger partial charge in [-0.2, -0.15) is 0 Å². The van der Waals surface area contributed by atoms with E-state index in [1.54, 1.807) is 32.3 Å². The molecule has 7 heteroatoms. The molecule has 0 atom stereocenters. The van der Waals surface area contributed by atoms with E-state index >= 15 is 0 Å². The van der Waals surface area contributed by atoms with Gasteiger partial charge in [-0.05, 0) is 24.3 Å². The molecule has 1 amide bonds. The zero-order chi connectivity index (χ0) is 15.6. The molecule has 3 N–H and O–H groups in total. The summed E-state index contributed by atoms with van der Waals surface area (Å²) in [4.78, 5) is 13.9. The monoisotopic (exact) mass is 371 g/mol. The normalized spacial score (nSPS) is 10.5. The van der Waals surface area contributed by atoms with E-state index in [4.69, 9.17) is 5.73 Å². The number of benzene rings is 1. The lowest BCUT2D eigenvalue weighted by atomic mass is 10.2. The molecule has 0 bridgehead atoms. The Morgan fingerprint density at radius 1 is 1.43 bits per heavy atom. The molecule has 0 aliphatic rings. The van der Waals surface area contributed by atoms with E-state index in [0.717, 1.165) is 9.47 Å². The Bertz CT molecular complexity index is 672. The number of halogens is 2. The van der Waals surface area contributed by atoms with E-state index in [0.29, 0.717) is 22.7 Å². The van der Waals surface area contributed by atoms with Gasteiger partial charge in [-0.15, -0.1) is 11.3 Å². The number of hydrogen-bond donors (Lipinski definition) is 2. The lowest BCUT2D eigenvalue weighted by molar-refractivity contribution is 0.0833. The van der Waals surface area contributed by atoms with Crippen molar-refractivity contribution in [2.45, 2.75) is 6.54 Å². The largest absolute Gasteiger partial charge is 0.397 e. The van der Waals surface area contributed by atoms with Gasteiger partial charge in [-0.25, -0.2) is 4.39 Å². The van der Waals surface area contributed by atoms with Gasteiger partial charge in [0.2, 0.25) is 0 Å². The number of rotatable bonds is 4. The van der Waals surface area contributed by atoms with Crippen molar-refractivity contribution in [3.05, 3.63) is 45.0 Å². The van der Waals surface area contributed by atoms with Gasteiger partial charge >= 0.3 is 0 Å². The fourth-order valence-electron chi connectivity index (χ4n) is 1.72. The molecule has 0 saturated heterocycles. The number of amides is 1. The van der Waals surface area contributed by atoms with Crippen molar-refractivity contribution in [3.63, 3.8) is 0 Å². The van der Waals surface area contributed by atoms with E-state index in [1.165, 1.54) is 22.3 Å². The van der Waals surface area contributed by atoms with Crippen LogP contribution in [0.4, 0.5) is 15.1 Å². The van der Waals surface area contributed by atoms with Gasteiger partial charge in [0.05, 0.1) is 10.7 Å². The first-order chi connectivity index (χ1) is 9.88. The second-order valence-corrected chi connectivity index (χ2v) is 6.65. The predicted molar refractivity (Wildman–Crippen MR) is 88.2 cm³/mol. The van der Waals surface area contributed by atoms with E-state index < -0.39 is 0 Å². The maximum Gasteiger partial charge on any atom is 0.265 e. The Morgan fingerprint density at radius 2 is 2.14 bits per heavy atom. The van der Waals surface area contributed by atoms with Crippen molar-refractivity contribution in [3.8, 4) is 0 Å². The molecule has 1 heterocycles. The molecule has 2 aromatic rings. The quantitative estimate of drug-likeness (QED) is 0.863. The zero-order valence-electron chi connectivity index (χ0n) is 11.6. The first-order valence-corrected chi connectivity index (χ1v) is 7.78. The Balaban J connectivity index is 2.12. The smallest absolute Gasteiger partial charge is 0.265 e. The van der Waals surface area contributed by atoms with E-state index in [1.807, 2.05) is 0 Å². The molecule has 0 fully saturated rings. The van der Waals surface area contributed by atoms with Crippen molar-refractivity contribution >= 4 is 43.9 Å². The average molecular weight is 372 g/mol. The zero-order valence-corrected chi connectivity index (χ0v) is 14.0. The van der Waals surface area contributed by atoms with E-state index in [2.05, 4.69) is 21.2 Å². The predicted octanol–water partition coefficient (Wildman–Crippen LogP) is 3.55. The Kier molecular flexibility index (Phi) is 4.84. The first-order valence-electron chi connectivity index (χ1n) is 6.17. The summed E-state index contributed by atoms with van der Waals surface area (Å²) in [7, 11) is 3.34. The summed E-state index contributed by atoms with van der Waals surface area (Å²) < 4.78 is 14.5. The van der Waals surface area contributed by atoms with Crippen molar-refractivity contribution in [1.29, 1.82) is 0 Å². The van der Waals surface area contributed by atoms with Crippen LogP contribution < -0.4 is 11.1 Å². The molecule has 0 radical (unpaired) electrons. The number of nitrogens with zero attached hydrogens (tertiary/aromatic N) is 1. The van der Waals surface area contributed by atoms with E-state index in [-0.39, 0.29) is 11.7 Å². The Morgan fingerprint density at radius 3 is 2.81 bits per heavy atom. The van der Waals surface area contributed by atoms with Crippen LogP contribution in [0.1, 0.15) is 15.2 Å². The van der Waals surface area contributed by atoms with Gasteiger partial charge in [0.25, 0.3) is 5.91 Å². The molecule has 1 aromatic carbocycles. The molecule has 0 saturated carbocycles. The minimum absolute atomic E-state index is 0.140. The van der Waals surface area contributed by atoms with Gasteiger partial charge in [0.1, 0.15) is 10.7 Å². The van der Waals surface area contributed by atoms with Crippen LogP contribution in [0.3, 0.4) is 0 Å². The van der Waals surface area contributed by atoms with Crippen LogP contribution in [-0.2, 0) is 6.54 Å². The summed E-state index contributed by atoms with van der Waals surface area (Å²) in [6.07, 6.45) is 0. The third-order valence-corrected chi connectivity index (χ3v) is 4.41. The summed E-state index contributed by atoms with van der Waals surface area (Å²) in [5.74, 6) is -0.418. The molecule has 0 aliphatic carbocycles. The number of anilines is 2. The highest BCUT2D eigenvalue weighted by atomic mass is 79.9. The summed E-state index contributed by atoms with van der Waals surface area (Å²) in [6, 6.07) is 6.46. The van der Waals surface area contributed by atoms with Gasteiger partial charge < -0.3 is 16.0 Å². The minimum atomic E-state index is -0.278. The highest BCUT2D eigenvalue weighted by Crippen LogP contribution is 2.30. The second kappa shape index (κ2) is 6.44. The summed E-state index contributed by atoms with van der Waals surface area (Å²) in [6.45, 7) is 0.320. The third-order valence-electron chi connectivity index (χ3n) is 2.82. The van der Waals surface area contributed by atoms with Crippen molar-refractivity contribution in [2.24, 2.45) is 0 Å². The number of hydrogen-bond acceptors (Lipinski definition) is 4. The van der Waals surface area contributed by atoms with Gasteiger partial charge in [-0.3, -0.25) is 4.79 Å². The number of nitrogens with two attached hydrogens (primary N) is 1. The lowest BCUT2D eigenvalue weighted by Gasteiger charge is -2.08. The molecule has 2 rings (SSSR count). The SMILES string of the molecule is CN(C)C(=O)c1sc(NCc2cc(Br)ccc2F)cc1N. The minimum Gasteiger partial charge on any atom is -0.397 e. The number of carbonyl (C=O) groups excluding carboxylic acids is 1. The van der Waals surface area contributed by atoms with Crippen LogP contribution in [0.5, 0.6) is 0 Å². The van der Waals surface area contributed by atoms with Gasteiger partial charge in [-0.1, -0.05) is 15.9 Å². The molecule has 0 unspecified atom stereocenters. The number of nitrogens with one attached hydrogen (secondary N) is 1. The van der Waals surface area contributed by atoms with Crippen molar-refractivity contribution in [2.75, 3.05) is 25.1 Å². The van der Waals surface area contributed by atoms with Crippen LogP contribution >= 0.6 is 27.3 Å². The Labute approximate surface area is 134 Å². The van der Waals surface area contributed by atoms with Crippen LogP contribution in [-0.4, -0.2) is 24.9 Å². The molecular weight excluding hydrogens is 357 g/mol. The van der Waals surface area contributed by atoms with Crippen LogP contribution in [0.15, 0.2) is 28.7 Å². The molecule has 112 valence electrons. The summed E-state index contributed by atoms with van der Waals surface area (Å²) in [5, 5.41) is 3.82. The molecule has 4 nitrogen and oxygen atoms in total. The first kappa shape index (κ1) is 15.8. The van der Waals surface area contributed by atoms with Crippen molar-refractivity contribution < 1.29 is 9.18 Å². The lowest BCUT2D eigenvalue weighted by Crippen LogP contribution is -2.21. The molecule has 1 aromatic heterocycles. The number of nitrogen functional groups attached to an aromatic ring is 1. The summed E-state index contributed by atoms with van der Waals surface area (Å²) in [5.41, 5.74) is 6.81. The van der Waals surface area contributed by atoms with Crippen LogP contribution in [0, 0.1) is 5.82 Å². The second-order valence-electron chi connectivity index (χ2n) is 4.68. The third kappa shape index (κ3) is 3.74. The van der Waals surface area contributed by atoms with Crippen molar-refractivity contribution in [1.82, 2.24) is 4.90 Å². The maximum absolute atomic E-state index is 13.6. The fourth-order valence-corrected chi connectivity index (χ4v) is 3.13. The molecule has 21 heavy (non-hydrogen) atoms. The topological polar surface area (TPSA) is 58.4 Å². The average Bonchev–Trinajstić information content (AvgIpc) is 2.80. The highest BCUT2D eigenvalue weighted by molar-refractivity contribution is 9.10. The Hall–Kier alpha value is -1.60. The number of carbonyl (C=O) groups is 1. The van der Waals surface area contributed by atoms with Gasteiger partial charge in [0.15, 0.2) is 0 Å². The van der Waals surface area contributed by atoms with Crippen LogP contribution in [0.2, 0.25) is 0 Å². The maximum atomic E-state index is 13.6. The van der Waals surface area contributed by atoms with E-state index in [9.17, 15) is 9.18 Å². The van der Waals surface area contributed by atoms with Crippen LogP contribution in [0.25, 0.3) is 0 Å².